The molecule has 37 heavy (non-hydrogen) atoms. The van der Waals surface area contributed by atoms with E-state index in [9.17, 15) is 14.4 Å². The average Bonchev–Trinajstić information content (AvgIpc) is 3.52. The number of hydrogen-bond donors (Lipinski definition) is 2. The maximum absolute atomic E-state index is 13.4. The number of pyridine rings is 2. The largest absolute Gasteiger partial charge is 0.309 e. The van der Waals surface area contributed by atoms with Crippen LogP contribution in [0.5, 0.6) is 0 Å². The van der Waals surface area contributed by atoms with Crippen LogP contribution in [0.15, 0.2) is 29.3 Å². The van der Waals surface area contributed by atoms with Crippen LogP contribution in [0.25, 0.3) is 11.0 Å². The van der Waals surface area contributed by atoms with Crippen molar-refractivity contribution in [1.82, 2.24) is 24.8 Å². The van der Waals surface area contributed by atoms with E-state index in [0.717, 1.165) is 44.2 Å². The molecule has 0 aromatic carbocycles. The number of carbonyl (C=O) groups is 2. The van der Waals surface area contributed by atoms with Crippen LogP contribution in [-0.2, 0) is 4.79 Å². The van der Waals surface area contributed by atoms with E-state index in [1.807, 2.05) is 11.0 Å². The van der Waals surface area contributed by atoms with Crippen molar-refractivity contribution in [3.05, 3.63) is 46.0 Å². The lowest BCUT2D eigenvalue weighted by atomic mass is 10.0. The Morgan fingerprint density at radius 2 is 1.84 bits per heavy atom. The molecule has 3 aromatic heterocycles. The first-order valence-corrected chi connectivity index (χ1v) is 13.1. The number of Topliss-reactive ketones (excluding diaryl/α,β-unsaturated/α-hetero) is 1. The number of carbonyl (C=O) groups excluding carboxylic acids is 2. The molecule has 0 unspecified atom stereocenters. The summed E-state index contributed by atoms with van der Waals surface area (Å²) in [7, 11) is 0. The van der Waals surface area contributed by atoms with Gasteiger partial charge in [0.05, 0.1) is 17.4 Å². The van der Waals surface area contributed by atoms with Gasteiger partial charge in [-0.2, -0.15) is 4.98 Å². The SMILES string of the molecule is CC(=O)c1c(C)c2cnc(Nc3ccc(N4C[C@@H]5CC[C@H](CC4=O)N5)cn3)nc2n(C2CCCC2)c1=O. The summed E-state index contributed by atoms with van der Waals surface area (Å²) in [5.41, 5.74) is 1.85. The van der Waals surface area contributed by atoms with Crippen LogP contribution in [0.3, 0.4) is 0 Å². The highest BCUT2D eigenvalue weighted by Gasteiger charge is 2.34. The minimum absolute atomic E-state index is 0.0183. The molecule has 192 valence electrons. The molecule has 5 heterocycles. The smallest absolute Gasteiger partial charge is 0.263 e. The number of ketones is 1. The predicted octanol–water partition coefficient (Wildman–Crippen LogP) is 3.41. The van der Waals surface area contributed by atoms with E-state index in [1.165, 1.54) is 6.92 Å². The van der Waals surface area contributed by atoms with E-state index >= 15 is 0 Å². The molecule has 3 aromatic rings. The first kappa shape index (κ1) is 23.7. The van der Waals surface area contributed by atoms with Gasteiger partial charge in [-0.3, -0.25) is 19.0 Å². The molecule has 2 aliphatic heterocycles. The predicted molar refractivity (Wildman–Crippen MR) is 140 cm³/mol. The third-order valence-electron chi connectivity index (χ3n) is 8.01. The molecule has 10 heteroatoms. The Bertz CT molecular complexity index is 1440. The highest BCUT2D eigenvalue weighted by molar-refractivity contribution is 5.99. The third kappa shape index (κ3) is 4.29. The van der Waals surface area contributed by atoms with Crippen molar-refractivity contribution in [2.75, 3.05) is 16.8 Å². The van der Waals surface area contributed by atoms with E-state index < -0.39 is 0 Å². The van der Waals surface area contributed by atoms with Crippen molar-refractivity contribution < 1.29 is 9.59 Å². The van der Waals surface area contributed by atoms with Crippen molar-refractivity contribution in [2.24, 2.45) is 0 Å². The highest BCUT2D eigenvalue weighted by Crippen LogP contribution is 2.32. The zero-order valence-corrected chi connectivity index (χ0v) is 21.2. The Kier molecular flexibility index (Phi) is 5.98. The van der Waals surface area contributed by atoms with E-state index in [0.29, 0.717) is 47.4 Å². The molecule has 6 rings (SSSR count). The molecule has 3 aliphatic rings. The molecule has 3 fully saturated rings. The van der Waals surface area contributed by atoms with Crippen molar-refractivity contribution in [2.45, 2.75) is 76.9 Å². The Morgan fingerprint density at radius 1 is 1.05 bits per heavy atom. The Labute approximate surface area is 214 Å². The van der Waals surface area contributed by atoms with Gasteiger partial charge in [0.2, 0.25) is 11.9 Å². The summed E-state index contributed by atoms with van der Waals surface area (Å²) >= 11 is 0. The lowest BCUT2D eigenvalue weighted by Gasteiger charge is -2.24. The molecule has 1 saturated carbocycles. The van der Waals surface area contributed by atoms with E-state index in [1.54, 1.807) is 30.0 Å². The second-order valence-electron chi connectivity index (χ2n) is 10.5. The summed E-state index contributed by atoms with van der Waals surface area (Å²) in [6.45, 7) is 3.86. The quantitative estimate of drug-likeness (QED) is 0.510. The van der Waals surface area contributed by atoms with E-state index in [2.05, 4.69) is 20.6 Å². The van der Waals surface area contributed by atoms with Crippen LogP contribution < -0.4 is 21.1 Å². The third-order valence-corrected chi connectivity index (χ3v) is 8.01. The topological polar surface area (TPSA) is 122 Å². The number of aromatic nitrogens is 4. The standard InChI is InChI=1S/C27H31N7O3/c1-15-21-13-29-27(32-25(21)34(19-5-3-4-6-19)26(37)24(15)16(2)35)31-22-10-9-20(12-28-22)33-14-18-8-7-17(30-18)11-23(33)36/h9-10,12-13,17-19,30H,3-8,11,14H2,1-2H3,(H,28,29,31,32)/t17-,18+/m1/s1. The monoisotopic (exact) mass is 501 g/mol. The van der Waals surface area contributed by atoms with Gasteiger partial charge in [0.25, 0.3) is 5.56 Å². The van der Waals surface area contributed by atoms with Gasteiger partial charge in [-0.15, -0.1) is 0 Å². The lowest BCUT2D eigenvalue weighted by molar-refractivity contribution is -0.118. The Hall–Kier alpha value is -3.66. The molecule has 0 spiro atoms. The molecule has 10 nitrogen and oxygen atoms in total. The summed E-state index contributed by atoms with van der Waals surface area (Å²) < 4.78 is 1.70. The summed E-state index contributed by atoms with van der Waals surface area (Å²) in [6, 6.07) is 4.30. The van der Waals surface area contributed by atoms with Crippen molar-refractivity contribution in [3.8, 4) is 0 Å². The van der Waals surface area contributed by atoms with Gasteiger partial charge in [0.15, 0.2) is 5.78 Å². The molecule has 2 saturated heterocycles. The average molecular weight is 502 g/mol. The summed E-state index contributed by atoms with van der Waals surface area (Å²) in [6.07, 6.45) is 9.88. The minimum atomic E-state index is -0.276. The van der Waals surface area contributed by atoms with Gasteiger partial charge in [0.1, 0.15) is 11.5 Å². The lowest BCUT2D eigenvalue weighted by Crippen LogP contribution is -2.37. The number of amides is 1. The zero-order valence-electron chi connectivity index (χ0n) is 21.2. The maximum Gasteiger partial charge on any atom is 0.263 e. The first-order valence-electron chi connectivity index (χ1n) is 13.1. The zero-order chi connectivity index (χ0) is 25.7. The van der Waals surface area contributed by atoms with Crippen molar-refractivity contribution in [3.63, 3.8) is 0 Å². The molecule has 0 radical (unpaired) electrons. The molecule has 2 atom stereocenters. The number of nitrogens with one attached hydrogen (secondary N) is 2. The molecular formula is C27H31N7O3. The molecule has 2 N–H and O–H groups in total. The van der Waals surface area contributed by atoms with Crippen LogP contribution in [0, 0.1) is 6.92 Å². The number of rotatable bonds is 5. The fraction of sp³-hybridized carbons (Fsp3) is 0.481. The second kappa shape index (κ2) is 9.33. The van der Waals surface area contributed by atoms with Crippen molar-refractivity contribution >= 4 is 40.2 Å². The van der Waals surface area contributed by atoms with Gasteiger partial charge in [-0.1, -0.05) is 12.8 Å². The molecule has 1 aliphatic carbocycles. The second-order valence-corrected chi connectivity index (χ2v) is 10.5. The van der Waals surface area contributed by atoms with Crippen LogP contribution in [0.2, 0.25) is 0 Å². The van der Waals surface area contributed by atoms with E-state index in [4.69, 9.17) is 4.98 Å². The van der Waals surface area contributed by atoms with Crippen LogP contribution in [0.4, 0.5) is 17.5 Å². The van der Waals surface area contributed by atoms with Gasteiger partial charge in [0, 0.05) is 42.7 Å². The van der Waals surface area contributed by atoms with Gasteiger partial charge in [-0.25, -0.2) is 9.97 Å². The fourth-order valence-corrected chi connectivity index (χ4v) is 6.14. The van der Waals surface area contributed by atoms with Crippen LogP contribution >= 0.6 is 0 Å². The first-order chi connectivity index (χ1) is 17.9. The van der Waals surface area contributed by atoms with Crippen LogP contribution in [-0.4, -0.2) is 49.8 Å². The molecule has 2 bridgehead atoms. The number of hydrogen-bond acceptors (Lipinski definition) is 8. The number of nitrogens with zero attached hydrogens (tertiary/aromatic N) is 5. The Balaban J connectivity index is 1.31. The number of fused-ring (bicyclic) bond motifs is 3. The molecule has 1 amide bonds. The summed E-state index contributed by atoms with van der Waals surface area (Å²) in [4.78, 5) is 54.0. The van der Waals surface area contributed by atoms with Gasteiger partial charge >= 0.3 is 0 Å². The highest BCUT2D eigenvalue weighted by atomic mass is 16.2. The number of anilines is 3. The van der Waals surface area contributed by atoms with Gasteiger partial charge < -0.3 is 15.5 Å². The normalized spacial score (nSPS) is 22.0. The Morgan fingerprint density at radius 3 is 2.57 bits per heavy atom. The maximum atomic E-state index is 13.4. The number of aryl methyl sites for hydroxylation is 1. The minimum Gasteiger partial charge on any atom is -0.309 e. The fourth-order valence-electron chi connectivity index (χ4n) is 6.14. The van der Waals surface area contributed by atoms with E-state index in [-0.39, 0.29) is 34.9 Å². The van der Waals surface area contributed by atoms with Crippen LogP contribution in [0.1, 0.15) is 73.8 Å². The summed E-state index contributed by atoms with van der Waals surface area (Å²) in [5.74, 6) is 0.734. The van der Waals surface area contributed by atoms with Crippen molar-refractivity contribution in [1.29, 1.82) is 0 Å². The van der Waals surface area contributed by atoms with Gasteiger partial charge in [-0.05, 0) is 57.2 Å². The summed E-state index contributed by atoms with van der Waals surface area (Å²) in [5, 5.41) is 7.37. The molecular weight excluding hydrogens is 470 g/mol.